The largest absolute Gasteiger partial charge is 0.330 e. The van der Waals surface area contributed by atoms with Gasteiger partial charge in [-0.15, -0.1) is 0 Å². The second kappa shape index (κ2) is 3.12. The molecule has 0 atom stereocenters. The van der Waals surface area contributed by atoms with Gasteiger partial charge in [-0.25, -0.2) is 4.98 Å². The maximum absolute atomic E-state index is 10.1. The molecule has 1 heterocycles. The molecule has 1 rings (SSSR count). The highest BCUT2D eigenvalue weighted by atomic mass is 16.1. The summed E-state index contributed by atoms with van der Waals surface area (Å²) in [5, 5.41) is 0. The van der Waals surface area contributed by atoms with Crippen LogP contribution in [-0.4, -0.2) is 22.5 Å². The van der Waals surface area contributed by atoms with Crippen LogP contribution in [0.4, 0.5) is 0 Å². The maximum Gasteiger partial charge on any atom is 0.219 e. The molecule has 0 saturated heterocycles. The average Bonchev–Trinajstić information content (AvgIpc) is 2.37. The van der Waals surface area contributed by atoms with Gasteiger partial charge in [0.1, 0.15) is 6.33 Å². The van der Waals surface area contributed by atoms with Crippen molar-refractivity contribution in [3.05, 3.63) is 18.2 Å². The van der Waals surface area contributed by atoms with Crippen molar-refractivity contribution in [3.63, 3.8) is 0 Å². The molecule has 0 fully saturated rings. The van der Waals surface area contributed by atoms with Crippen molar-refractivity contribution in [3.8, 4) is 0 Å². The average molecular weight is 139 g/mol. The smallest absolute Gasteiger partial charge is 0.219 e. The highest BCUT2D eigenvalue weighted by Crippen LogP contribution is 1.92. The Bertz CT molecular complexity index is 219. The maximum atomic E-state index is 10.1. The van der Waals surface area contributed by atoms with Gasteiger partial charge in [-0.3, -0.25) is 9.36 Å². The van der Waals surface area contributed by atoms with Gasteiger partial charge in [0.15, 0.2) is 0 Å². The molecule has 1 aromatic rings. The second-order valence-electron chi connectivity index (χ2n) is 1.96. The zero-order valence-corrected chi connectivity index (χ0v) is 5.53. The molecule has 1 aromatic heterocycles. The van der Waals surface area contributed by atoms with E-state index in [2.05, 4.69) is 4.98 Å². The Hall–Kier alpha value is -1.16. The van der Waals surface area contributed by atoms with Gasteiger partial charge < -0.3 is 5.73 Å². The molecule has 0 bridgehead atoms. The van der Waals surface area contributed by atoms with Gasteiger partial charge in [0.25, 0.3) is 0 Å². The molecular formula is C6H9N3O. The molecule has 0 radical (unpaired) electrons. The van der Waals surface area contributed by atoms with Crippen LogP contribution in [0.2, 0.25) is 0 Å². The number of nitrogens with two attached hydrogens (primary N) is 1. The van der Waals surface area contributed by atoms with E-state index in [0.29, 0.717) is 13.0 Å². The normalized spacial score (nSPS) is 9.70. The first-order valence-corrected chi connectivity index (χ1v) is 3.04. The van der Waals surface area contributed by atoms with Gasteiger partial charge in [0, 0.05) is 12.6 Å². The highest BCUT2D eigenvalue weighted by molar-refractivity contribution is 5.51. The minimum atomic E-state index is 0.565. The van der Waals surface area contributed by atoms with E-state index < -0.39 is 0 Å². The molecule has 0 unspecified atom stereocenters. The first-order valence-electron chi connectivity index (χ1n) is 3.04. The van der Waals surface area contributed by atoms with E-state index in [-0.39, 0.29) is 0 Å². The predicted molar refractivity (Wildman–Crippen MR) is 37.1 cm³/mol. The van der Waals surface area contributed by atoms with E-state index in [1.807, 2.05) is 0 Å². The lowest BCUT2D eigenvalue weighted by molar-refractivity contribution is 0.547. The van der Waals surface area contributed by atoms with Crippen molar-refractivity contribution >= 4 is 6.41 Å². The number of rotatable bonds is 3. The van der Waals surface area contributed by atoms with Crippen LogP contribution in [-0.2, 0) is 11.2 Å². The molecule has 4 nitrogen and oxygen atoms in total. The third kappa shape index (κ3) is 1.41. The third-order valence-electron chi connectivity index (χ3n) is 1.18. The van der Waals surface area contributed by atoms with E-state index >= 15 is 0 Å². The lowest BCUT2D eigenvalue weighted by Crippen LogP contribution is -2.02. The number of carbonyl (C=O) groups excluding carboxylic acids is 1. The highest BCUT2D eigenvalue weighted by Gasteiger charge is 1.94. The summed E-state index contributed by atoms with van der Waals surface area (Å²) in [7, 11) is 0. The van der Waals surface area contributed by atoms with E-state index in [1.165, 1.54) is 10.9 Å². The molecule has 0 amide bonds. The van der Waals surface area contributed by atoms with Crippen LogP contribution < -0.4 is 5.73 Å². The van der Waals surface area contributed by atoms with E-state index in [4.69, 9.17) is 5.73 Å². The van der Waals surface area contributed by atoms with Crippen LogP contribution in [0.3, 0.4) is 0 Å². The summed E-state index contributed by atoms with van der Waals surface area (Å²) in [4.78, 5) is 14.0. The first kappa shape index (κ1) is 6.95. The molecular weight excluding hydrogens is 130 g/mol. The molecule has 0 aromatic carbocycles. The van der Waals surface area contributed by atoms with Gasteiger partial charge in [0.05, 0.1) is 5.69 Å². The van der Waals surface area contributed by atoms with Gasteiger partial charge >= 0.3 is 0 Å². The Kier molecular flexibility index (Phi) is 2.17. The predicted octanol–water partition coefficient (Wildman–Crippen LogP) is -0.577. The van der Waals surface area contributed by atoms with Crippen molar-refractivity contribution in [1.29, 1.82) is 0 Å². The molecule has 54 valence electrons. The third-order valence-corrected chi connectivity index (χ3v) is 1.18. The van der Waals surface area contributed by atoms with Gasteiger partial charge in [-0.2, -0.15) is 0 Å². The molecule has 0 saturated carbocycles. The van der Waals surface area contributed by atoms with Crippen LogP contribution in [0, 0.1) is 0 Å². The van der Waals surface area contributed by atoms with Crippen LogP contribution >= 0.6 is 0 Å². The molecule has 2 N–H and O–H groups in total. The second-order valence-corrected chi connectivity index (χ2v) is 1.96. The minimum Gasteiger partial charge on any atom is -0.330 e. The summed E-state index contributed by atoms with van der Waals surface area (Å²) in [5.74, 6) is 0. The zero-order chi connectivity index (χ0) is 7.40. The van der Waals surface area contributed by atoms with Crippen molar-refractivity contribution < 1.29 is 4.79 Å². The van der Waals surface area contributed by atoms with Gasteiger partial charge in [-0.1, -0.05) is 0 Å². The number of hydrogen-bond donors (Lipinski definition) is 1. The fourth-order valence-electron chi connectivity index (χ4n) is 0.714. The van der Waals surface area contributed by atoms with Crippen molar-refractivity contribution in [2.75, 3.05) is 6.54 Å². The van der Waals surface area contributed by atoms with Gasteiger partial charge in [-0.05, 0) is 6.54 Å². The number of nitrogens with zero attached hydrogens (tertiary/aromatic N) is 2. The van der Waals surface area contributed by atoms with Crippen molar-refractivity contribution in [2.45, 2.75) is 6.42 Å². The Morgan fingerprint density at radius 3 is 3.10 bits per heavy atom. The van der Waals surface area contributed by atoms with E-state index in [1.54, 1.807) is 6.20 Å². The monoisotopic (exact) mass is 139 g/mol. The summed E-state index contributed by atoms with van der Waals surface area (Å²) >= 11 is 0. The number of carbonyl (C=O) groups is 1. The summed E-state index contributed by atoms with van der Waals surface area (Å²) in [6.45, 7) is 0.565. The summed E-state index contributed by atoms with van der Waals surface area (Å²) in [6.07, 6.45) is 4.56. The number of hydrogen-bond acceptors (Lipinski definition) is 3. The minimum absolute atomic E-state index is 0.565. The Morgan fingerprint density at radius 2 is 2.60 bits per heavy atom. The molecule has 4 heteroatoms. The summed E-state index contributed by atoms with van der Waals surface area (Å²) in [5.41, 5.74) is 6.13. The molecule has 10 heavy (non-hydrogen) atoms. The lowest BCUT2D eigenvalue weighted by atomic mass is 10.3. The van der Waals surface area contributed by atoms with E-state index in [9.17, 15) is 4.79 Å². The van der Waals surface area contributed by atoms with E-state index in [0.717, 1.165) is 12.1 Å². The topological polar surface area (TPSA) is 60.9 Å². The van der Waals surface area contributed by atoms with Crippen LogP contribution in [0.15, 0.2) is 12.5 Å². The summed E-state index contributed by atoms with van der Waals surface area (Å²) < 4.78 is 1.37. The molecule has 0 spiro atoms. The molecule has 0 aliphatic carbocycles. The fraction of sp³-hybridized carbons (Fsp3) is 0.333. The van der Waals surface area contributed by atoms with Crippen molar-refractivity contribution in [1.82, 2.24) is 9.55 Å². The lowest BCUT2D eigenvalue weighted by Gasteiger charge is -1.86. The first-order chi connectivity index (χ1) is 4.86. The zero-order valence-electron chi connectivity index (χ0n) is 5.53. The van der Waals surface area contributed by atoms with Crippen LogP contribution in [0.25, 0.3) is 0 Å². The standard InChI is InChI=1S/C6H9N3O/c7-2-1-6-3-9(5-10)4-8-6/h3-5H,1-2,7H2. The number of imidazole rings is 1. The Balaban J connectivity index is 2.68. The van der Waals surface area contributed by atoms with Crippen LogP contribution in [0.5, 0.6) is 0 Å². The molecule has 0 aliphatic rings. The Morgan fingerprint density at radius 1 is 1.80 bits per heavy atom. The summed E-state index contributed by atoms with van der Waals surface area (Å²) in [6, 6.07) is 0. The SMILES string of the molecule is NCCc1cn(C=O)cn1. The van der Waals surface area contributed by atoms with Crippen molar-refractivity contribution in [2.24, 2.45) is 5.73 Å². The van der Waals surface area contributed by atoms with Crippen LogP contribution in [0.1, 0.15) is 5.69 Å². The number of aromatic nitrogens is 2. The Labute approximate surface area is 58.7 Å². The van der Waals surface area contributed by atoms with Gasteiger partial charge in [0.2, 0.25) is 6.41 Å². The molecule has 0 aliphatic heterocycles. The fourth-order valence-corrected chi connectivity index (χ4v) is 0.714. The quantitative estimate of drug-likeness (QED) is 0.570.